The van der Waals surface area contributed by atoms with Crippen molar-refractivity contribution in [3.63, 3.8) is 0 Å². The maximum absolute atomic E-state index is 13.6. The lowest BCUT2D eigenvalue weighted by atomic mass is 9.96. The van der Waals surface area contributed by atoms with Gasteiger partial charge in [0, 0.05) is 19.8 Å². The van der Waals surface area contributed by atoms with Crippen molar-refractivity contribution in [3.05, 3.63) is 0 Å². The van der Waals surface area contributed by atoms with Gasteiger partial charge in [0.25, 0.3) is 0 Å². The molecule has 0 aliphatic carbocycles. The average Bonchev–Trinajstić information content (AvgIpc) is 3.27. The van der Waals surface area contributed by atoms with E-state index in [-0.39, 0.29) is 25.7 Å². The van der Waals surface area contributed by atoms with Gasteiger partial charge in [-0.05, 0) is 39.5 Å². The van der Waals surface area contributed by atoms with Crippen LogP contribution in [0.2, 0.25) is 0 Å². The predicted octanol–water partition coefficient (Wildman–Crippen LogP) is 5.24. The third-order valence-electron chi connectivity index (χ3n) is 11.8. The number of esters is 3. The summed E-state index contributed by atoms with van der Waals surface area (Å²) in [4.78, 5) is 88.8. The van der Waals surface area contributed by atoms with Crippen molar-refractivity contribution in [1.82, 2.24) is 16.0 Å². The molecular weight excluding hydrogens is 857 g/mol. The minimum atomic E-state index is -1.64. The minimum Gasteiger partial charge on any atom is -0.469 e. The zero-order valence-corrected chi connectivity index (χ0v) is 41.0. The molecule has 1 heterocycles. The molecule has 1 aliphatic rings. The monoisotopic (exact) mass is 943 g/mol. The third kappa shape index (κ3) is 26.5. The van der Waals surface area contributed by atoms with Crippen LogP contribution in [0.5, 0.6) is 0 Å². The Hall–Kier alpha value is -3.87. The van der Waals surface area contributed by atoms with Crippen LogP contribution in [0.4, 0.5) is 0 Å². The number of rotatable bonds is 38. The van der Waals surface area contributed by atoms with Crippen molar-refractivity contribution < 1.29 is 67.5 Å². The molecule has 66 heavy (non-hydrogen) atoms. The van der Waals surface area contributed by atoms with Crippen LogP contribution < -0.4 is 21.7 Å². The van der Waals surface area contributed by atoms with Crippen LogP contribution >= 0.6 is 0 Å². The molecule has 0 saturated carbocycles. The lowest BCUT2D eigenvalue weighted by Crippen LogP contribution is -2.66. The molecule has 0 aromatic rings. The largest absolute Gasteiger partial charge is 0.469 e. The number of aliphatic hydroxyl groups excluding tert-OH is 2. The molecule has 0 bridgehead atoms. The molecule has 1 fully saturated rings. The maximum Gasteiger partial charge on any atom is 0.311 e. The molecule has 1 aliphatic heterocycles. The standard InChI is InChI=1S/C48H86N4O14/c1-7-9-11-13-15-17-18-20-22-24-26-28-40(56)64-36(27-25-23-21-19-16-14-12-10-8-2)31-41(57)66-48-42(51-35(5)54)44(43(58)38(32-53)65-48)63-34(4)47(61)50-33(3)46(60)52-37(45(49)59)29-30-39(55)62-6/h33-34,36-38,42-44,48,53,58H,7-32H2,1-6H3,(H2,49,59)(H,50,61)(H,51,54)(H,52,60)/t33-,34+,36+,37+,38+,42+,43+,44+,48+/m0/s1. The molecule has 0 unspecified atom stereocenters. The third-order valence-corrected chi connectivity index (χ3v) is 11.8. The van der Waals surface area contributed by atoms with Crippen LogP contribution in [0.1, 0.15) is 195 Å². The van der Waals surface area contributed by atoms with Gasteiger partial charge in [0.1, 0.15) is 48.6 Å². The number of hydrogen-bond donors (Lipinski definition) is 6. The molecular formula is C48H86N4O14. The normalized spacial score (nSPS) is 20.0. The van der Waals surface area contributed by atoms with Gasteiger partial charge in [-0.2, -0.15) is 0 Å². The molecule has 18 heteroatoms. The molecule has 0 spiro atoms. The number of nitrogens with one attached hydrogen (secondary N) is 3. The molecule has 1 saturated heterocycles. The first-order valence-electron chi connectivity index (χ1n) is 24.8. The zero-order valence-electron chi connectivity index (χ0n) is 41.0. The van der Waals surface area contributed by atoms with E-state index in [0.717, 1.165) is 51.4 Å². The summed E-state index contributed by atoms with van der Waals surface area (Å²) in [5.74, 6) is -4.99. The summed E-state index contributed by atoms with van der Waals surface area (Å²) >= 11 is 0. The summed E-state index contributed by atoms with van der Waals surface area (Å²) in [7, 11) is 1.17. The summed E-state index contributed by atoms with van der Waals surface area (Å²) in [6.45, 7) is 7.47. The fourth-order valence-electron chi connectivity index (χ4n) is 7.79. The smallest absolute Gasteiger partial charge is 0.311 e. The second-order valence-electron chi connectivity index (χ2n) is 17.7. The van der Waals surface area contributed by atoms with Crippen LogP contribution in [-0.2, 0) is 57.2 Å². The predicted molar refractivity (Wildman–Crippen MR) is 247 cm³/mol. The second-order valence-corrected chi connectivity index (χ2v) is 17.7. The van der Waals surface area contributed by atoms with E-state index in [4.69, 9.17) is 24.7 Å². The van der Waals surface area contributed by atoms with Gasteiger partial charge in [0.15, 0.2) is 0 Å². The van der Waals surface area contributed by atoms with Crippen LogP contribution in [0.25, 0.3) is 0 Å². The number of primary amides is 1. The highest BCUT2D eigenvalue weighted by Crippen LogP contribution is 2.27. The number of carbonyl (C=O) groups excluding carboxylic acids is 7. The summed E-state index contributed by atoms with van der Waals surface area (Å²) < 4.78 is 27.9. The van der Waals surface area contributed by atoms with Gasteiger partial charge in [0.05, 0.1) is 20.1 Å². The highest BCUT2D eigenvalue weighted by Gasteiger charge is 2.49. The van der Waals surface area contributed by atoms with E-state index in [0.29, 0.717) is 12.8 Å². The summed E-state index contributed by atoms with van der Waals surface area (Å²) in [5.41, 5.74) is 5.38. The van der Waals surface area contributed by atoms with Crippen molar-refractivity contribution in [3.8, 4) is 0 Å². The number of unbranched alkanes of at least 4 members (excludes halogenated alkanes) is 18. The van der Waals surface area contributed by atoms with Gasteiger partial charge < -0.3 is 55.6 Å². The molecule has 1 rings (SSSR count). The second kappa shape index (κ2) is 36.2. The van der Waals surface area contributed by atoms with Crippen molar-refractivity contribution in [1.29, 1.82) is 0 Å². The first-order chi connectivity index (χ1) is 31.6. The lowest BCUT2D eigenvalue weighted by molar-refractivity contribution is -0.274. The molecule has 7 N–H and O–H groups in total. The Morgan fingerprint density at radius 3 is 1.71 bits per heavy atom. The van der Waals surface area contributed by atoms with E-state index in [1.165, 1.54) is 98.5 Å². The highest BCUT2D eigenvalue weighted by molar-refractivity contribution is 5.92. The van der Waals surface area contributed by atoms with Crippen LogP contribution in [0, 0.1) is 0 Å². The molecule has 0 aromatic carbocycles. The van der Waals surface area contributed by atoms with Crippen molar-refractivity contribution in [2.24, 2.45) is 5.73 Å². The van der Waals surface area contributed by atoms with E-state index >= 15 is 0 Å². The Labute approximate surface area is 393 Å². The van der Waals surface area contributed by atoms with Gasteiger partial charge in [-0.1, -0.05) is 129 Å². The fraction of sp³-hybridized carbons (Fsp3) is 0.854. The van der Waals surface area contributed by atoms with Crippen LogP contribution in [-0.4, -0.2) is 120 Å². The average molecular weight is 943 g/mol. The van der Waals surface area contributed by atoms with Crippen LogP contribution in [0.15, 0.2) is 0 Å². The number of methoxy groups -OCH3 is 1. The SMILES string of the molecule is CCCCCCCCCCCCCC(=O)O[C@H](CCCCCCCCCCC)CC(=O)O[C@H]1O[C@H](CO)[C@@H](O)[C@H](O[C@H](C)C(=O)N[C@@H](C)C(=O)N[C@H](CCC(=O)OC)C(N)=O)[C@H]1NC(C)=O. The van der Waals surface area contributed by atoms with Gasteiger partial charge in [-0.3, -0.25) is 33.6 Å². The Kier molecular flexibility index (Phi) is 33.0. The van der Waals surface area contributed by atoms with Crippen molar-refractivity contribution in [2.75, 3.05) is 13.7 Å². The van der Waals surface area contributed by atoms with Crippen LogP contribution in [0.3, 0.4) is 0 Å². The molecule has 18 nitrogen and oxygen atoms in total. The van der Waals surface area contributed by atoms with Gasteiger partial charge in [-0.25, -0.2) is 0 Å². The fourth-order valence-corrected chi connectivity index (χ4v) is 7.79. The number of ether oxygens (including phenoxy) is 5. The van der Waals surface area contributed by atoms with Gasteiger partial charge in [-0.15, -0.1) is 0 Å². The molecule has 9 atom stereocenters. The molecule has 4 amide bonds. The molecule has 0 radical (unpaired) electrons. The number of nitrogens with two attached hydrogens (primary N) is 1. The van der Waals surface area contributed by atoms with E-state index in [1.54, 1.807) is 0 Å². The van der Waals surface area contributed by atoms with E-state index in [2.05, 4.69) is 34.5 Å². The topological polar surface area (TPSA) is 268 Å². The lowest BCUT2D eigenvalue weighted by Gasteiger charge is -2.44. The number of hydrogen-bond acceptors (Lipinski definition) is 14. The Morgan fingerprint density at radius 2 is 1.21 bits per heavy atom. The van der Waals surface area contributed by atoms with Crippen molar-refractivity contribution >= 4 is 41.5 Å². The number of amides is 4. The highest BCUT2D eigenvalue weighted by atomic mass is 16.7. The van der Waals surface area contributed by atoms with Crippen molar-refractivity contribution in [2.45, 2.75) is 250 Å². The van der Waals surface area contributed by atoms with Gasteiger partial charge >= 0.3 is 17.9 Å². The Bertz CT molecular complexity index is 1420. The molecule has 382 valence electrons. The van der Waals surface area contributed by atoms with E-state index < -0.39 is 103 Å². The summed E-state index contributed by atoms with van der Waals surface area (Å²) in [5, 5.41) is 28.8. The molecule has 0 aromatic heterocycles. The summed E-state index contributed by atoms with van der Waals surface area (Å²) in [6, 6.07) is -3.84. The minimum absolute atomic E-state index is 0.136. The van der Waals surface area contributed by atoms with E-state index in [9.17, 15) is 43.8 Å². The quantitative estimate of drug-likeness (QED) is 0.0263. The Morgan fingerprint density at radius 1 is 0.682 bits per heavy atom. The first-order valence-corrected chi connectivity index (χ1v) is 24.8. The number of carbonyl (C=O) groups is 7. The first kappa shape index (κ1) is 60.1. The Balaban J connectivity index is 3.01. The maximum atomic E-state index is 13.6. The summed E-state index contributed by atoms with van der Waals surface area (Å²) in [6.07, 6.45) is 14.0. The van der Waals surface area contributed by atoms with Gasteiger partial charge in [0.2, 0.25) is 29.9 Å². The van der Waals surface area contributed by atoms with E-state index in [1.807, 2.05) is 0 Å². The number of aliphatic hydroxyl groups is 2. The zero-order chi connectivity index (χ0) is 49.3.